The van der Waals surface area contributed by atoms with E-state index in [2.05, 4.69) is 5.32 Å². The van der Waals surface area contributed by atoms with Crippen LogP contribution in [0.5, 0.6) is 0 Å². The van der Waals surface area contributed by atoms with Gasteiger partial charge >= 0.3 is 0 Å². The van der Waals surface area contributed by atoms with Gasteiger partial charge in [0.1, 0.15) is 5.56 Å². The summed E-state index contributed by atoms with van der Waals surface area (Å²) in [6, 6.07) is 17.9. The monoisotopic (exact) mass is 387 g/mol. The molecular weight excluding hydrogens is 366 g/mol. The molecule has 0 saturated heterocycles. The number of carbonyl (C=O) groups is 2. The van der Waals surface area contributed by atoms with Crippen LogP contribution >= 0.6 is 0 Å². The summed E-state index contributed by atoms with van der Waals surface area (Å²) in [4.78, 5) is 39.4. The molecule has 2 amide bonds. The van der Waals surface area contributed by atoms with Gasteiger partial charge < -0.3 is 14.8 Å². The van der Waals surface area contributed by atoms with E-state index in [9.17, 15) is 14.4 Å². The molecule has 29 heavy (non-hydrogen) atoms. The molecule has 2 aromatic carbocycles. The zero-order valence-corrected chi connectivity index (χ0v) is 16.1. The minimum absolute atomic E-state index is 0.0314. The van der Waals surface area contributed by atoms with Crippen molar-refractivity contribution in [3.63, 3.8) is 0 Å². The summed E-state index contributed by atoms with van der Waals surface area (Å²) in [7, 11) is 1.61. The maximum Gasteiger partial charge on any atom is 0.263 e. The SMILES string of the molecule is Cn1cccc(C(=O)Nc2ccc3c(c2)CCCN3C(=O)c2ccccc2)c1=O. The second-order valence-corrected chi connectivity index (χ2v) is 7.06. The fourth-order valence-electron chi connectivity index (χ4n) is 3.59. The largest absolute Gasteiger partial charge is 0.322 e. The number of fused-ring (bicyclic) bond motifs is 1. The van der Waals surface area contributed by atoms with Crippen molar-refractivity contribution in [3.05, 3.63) is 93.9 Å². The number of aromatic nitrogens is 1. The van der Waals surface area contributed by atoms with Crippen molar-refractivity contribution in [3.8, 4) is 0 Å². The molecule has 1 aromatic heterocycles. The molecule has 6 nitrogen and oxygen atoms in total. The van der Waals surface area contributed by atoms with Gasteiger partial charge in [0.2, 0.25) is 0 Å². The topological polar surface area (TPSA) is 71.4 Å². The number of anilines is 2. The average Bonchev–Trinajstić information content (AvgIpc) is 2.75. The molecule has 0 aliphatic carbocycles. The van der Waals surface area contributed by atoms with Crippen LogP contribution in [0.15, 0.2) is 71.7 Å². The summed E-state index contributed by atoms with van der Waals surface area (Å²) in [5.74, 6) is -0.477. The van der Waals surface area contributed by atoms with Crippen molar-refractivity contribution in [2.45, 2.75) is 12.8 Å². The van der Waals surface area contributed by atoms with E-state index in [0.29, 0.717) is 17.8 Å². The van der Waals surface area contributed by atoms with E-state index in [-0.39, 0.29) is 17.0 Å². The van der Waals surface area contributed by atoms with Crippen molar-refractivity contribution in [2.75, 3.05) is 16.8 Å². The van der Waals surface area contributed by atoms with Crippen molar-refractivity contribution < 1.29 is 9.59 Å². The molecule has 2 heterocycles. The van der Waals surface area contributed by atoms with Crippen molar-refractivity contribution in [2.24, 2.45) is 7.05 Å². The molecule has 1 aliphatic rings. The molecule has 0 fully saturated rings. The van der Waals surface area contributed by atoms with Gasteiger partial charge in [0.25, 0.3) is 17.4 Å². The summed E-state index contributed by atoms with van der Waals surface area (Å²) >= 11 is 0. The zero-order chi connectivity index (χ0) is 20.4. The number of hydrogen-bond acceptors (Lipinski definition) is 3. The van der Waals surface area contributed by atoms with Crippen LogP contribution in [0, 0.1) is 0 Å². The molecule has 0 atom stereocenters. The summed E-state index contributed by atoms with van der Waals surface area (Å²) in [5, 5.41) is 2.80. The Morgan fingerprint density at radius 2 is 1.79 bits per heavy atom. The standard InChI is InChI=1S/C23H21N3O3/c1-25-13-6-10-19(23(25)29)21(27)24-18-11-12-20-17(15-18)9-5-14-26(20)22(28)16-7-3-2-4-8-16/h2-4,6-8,10-13,15H,5,9,14H2,1H3,(H,24,27). The van der Waals surface area contributed by atoms with E-state index in [1.165, 1.54) is 10.6 Å². The first kappa shape index (κ1) is 18.7. The lowest BCUT2D eigenvalue weighted by molar-refractivity contribution is 0.0983. The second-order valence-electron chi connectivity index (χ2n) is 7.06. The highest BCUT2D eigenvalue weighted by atomic mass is 16.2. The van der Waals surface area contributed by atoms with Crippen LogP contribution in [0.3, 0.4) is 0 Å². The molecule has 0 saturated carbocycles. The number of amides is 2. The number of carbonyl (C=O) groups excluding carboxylic acids is 2. The van der Waals surface area contributed by atoms with E-state index in [0.717, 1.165) is 24.1 Å². The Hall–Kier alpha value is -3.67. The van der Waals surface area contributed by atoms with Gasteiger partial charge in [-0.3, -0.25) is 14.4 Å². The first-order valence-electron chi connectivity index (χ1n) is 9.51. The van der Waals surface area contributed by atoms with Gasteiger partial charge in [0.05, 0.1) is 0 Å². The average molecular weight is 387 g/mol. The third kappa shape index (κ3) is 3.69. The van der Waals surface area contributed by atoms with E-state index < -0.39 is 5.91 Å². The minimum Gasteiger partial charge on any atom is -0.322 e. The summed E-state index contributed by atoms with van der Waals surface area (Å²) in [6.07, 6.45) is 3.28. The molecular formula is C23H21N3O3. The zero-order valence-electron chi connectivity index (χ0n) is 16.1. The van der Waals surface area contributed by atoms with E-state index >= 15 is 0 Å². The Morgan fingerprint density at radius 1 is 1.00 bits per heavy atom. The summed E-state index contributed by atoms with van der Waals surface area (Å²) in [6.45, 7) is 0.659. The molecule has 0 unspecified atom stereocenters. The van der Waals surface area contributed by atoms with Crippen LogP contribution in [0.4, 0.5) is 11.4 Å². The van der Waals surface area contributed by atoms with Gasteiger partial charge in [-0.1, -0.05) is 18.2 Å². The van der Waals surface area contributed by atoms with Gasteiger partial charge in [-0.2, -0.15) is 0 Å². The highest BCUT2D eigenvalue weighted by Gasteiger charge is 2.24. The third-order valence-corrected chi connectivity index (χ3v) is 5.09. The molecule has 6 heteroatoms. The Balaban J connectivity index is 1.59. The number of hydrogen-bond donors (Lipinski definition) is 1. The molecule has 3 aromatic rings. The Kier molecular flexibility index (Phi) is 4.99. The molecule has 1 aliphatic heterocycles. The first-order valence-corrected chi connectivity index (χ1v) is 9.51. The lowest BCUT2D eigenvalue weighted by Gasteiger charge is -2.30. The number of rotatable bonds is 3. The van der Waals surface area contributed by atoms with Gasteiger partial charge in [-0.25, -0.2) is 0 Å². The number of aryl methyl sites for hydroxylation is 2. The maximum absolute atomic E-state index is 12.9. The van der Waals surface area contributed by atoms with Crippen LogP contribution in [0.25, 0.3) is 0 Å². The van der Waals surface area contributed by atoms with E-state index in [4.69, 9.17) is 0 Å². The van der Waals surface area contributed by atoms with Crippen LogP contribution in [0.1, 0.15) is 32.7 Å². The number of benzene rings is 2. The molecule has 146 valence electrons. The van der Waals surface area contributed by atoms with Gasteiger partial charge in [-0.15, -0.1) is 0 Å². The molecule has 4 rings (SSSR count). The van der Waals surface area contributed by atoms with Crippen LogP contribution in [0.2, 0.25) is 0 Å². The molecule has 0 radical (unpaired) electrons. The Bertz CT molecular complexity index is 1140. The Morgan fingerprint density at radius 3 is 2.59 bits per heavy atom. The Labute approximate surface area is 168 Å². The van der Waals surface area contributed by atoms with E-state index in [1.54, 1.807) is 30.3 Å². The second kappa shape index (κ2) is 7.75. The summed E-state index contributed by atoms with van der Waals surface area (Å²) in [5.41, 5.74) is 2.86. The highest BCUT2D eigenvalue weighted by molar-refractivity contribution is 6.07. The van der Waals surface area contributed by atoms with Crippen LogP contribution in [-0.4, -0.2) is 22.9 Å². The maximum atomic E-state index is 12.9. The predicted molar refractivity (Wildman–Crippen MR) is 113 cm³/mol. The van der Waals surface area contributed by atoms with Gasteiger partial charge in [0.15, 0.2) is 0 Å². The normalized spacial score (nSPS) is 12.9. The minimum atomic E-state index is -0.445. The lowest BCUT2D eigenvalue weighted by Crippen LogP contribution is -2.35. The summed E-state index contributed by atoms with van der Waals surface area (Å²) < 4.78 is 1.37. The number of pyridine rings is 1. The van der Waals surface area contributed by atoms with Gasteiger partial charge in [-0.05, 0) is 60.9 Å². The first-order chi connectivity index (χ1) is 14.0. The highest BCUT2D eigenvalue weighted by Crippen LogP contribution is 2.31. The number of nitrogens with zero attached hydrogens (tertiary/aromatic N) is 2. The van der Waals surface area contributed by atoms with Crippen molar-refractivity contribution >= 4 is 23.2 Å². The van der Waals surface area contributed by atoms with Crippen LogP contribution in [-0.2, 0) is 13.5 Å². The third-order valence-electron chi connectivity index (χ3n) is 5.09. The van der Waals surface area contributed by atoms with Crippen molar-refractivity contribution in [1.29, 1.82) is 0 Å². The van der Waals surface area contributed by atoms with Gasteiger partial charge in [0, 0.05) is 36.7 Å². The van der Waals surface area contributed by atoms with Crippen molar-refractivity contribution in [1.82, 2.24) is 4.57 Å². The smallest absolute Gasteiger partial charge is 0.263 e. The fourth-order valence-corrected chi connectivity index (χ4v) is 3.59. The number of nitrogens with one attached hydrogen (secondary N) is 1. The predicted octanol–water partition coefficient (Wildman–Crippen LogP) is 3.23. The molecule has 0 bridgehead atoms. The fraction of sp³-hybridized carbons (Fsp3) is 0.174. The quantitative estimate of drug-likeness (QED) is 0.750. The molecule has 0 spiro atoms. The molecule has 1 N–H and O–H groups in total. The van der Waals surface area contributed by atoms with Crippen LogP contribution < -0.4 is 15.8 Å². The lowest BCUT2D eigenvalue weighted by atomic mass is 10.00. The van der Waals surface area contributed by atoms with E-state index in [1.807, 2.05) is 42.5 Å².